The van der Waals surface area contributed by atoms with Gasteiger partial charge in [0.2, 0.25) is 0 Å². The summed E-state index contributed by atoms with van der Waals surface area (Å²) in [5.41, 5.74) is 0.180. The molecule has 4 nitrogen and oxygen atoms in total. The lowest BCUT2D eigenvalue weighted by atomic mass is 10.0. The predicted octanol–water partition coefficient (Wildman–Crippen LogP) is 2.61. The van der Waals surface area contributed by atoms with E-state index >= 15 is 0 Å². The lowest BCUT2D eigenvalue weighted by molar-refractivity contribution is 0.0907. The molecule has 2 rings (SSSR count). The zero-order chi connectivity index (χ0) is 15.2. The Morgan fingerprint density at radius 3 is 2.81 bits per heavy atom. The van der Waals surface area contributed by atoms with E-state index in [0.717, 1.165) is 38.9 Å². The lowest BCUT2D eigenvalue weighted by Gasteiger charge is -2.31. The average molecular weight is 326 g/mol. The molecule has 0 aliphatic carbocycles. The van der Waals surface area contributed by atoms with E-state index in [1.807, 2.05) is 0 Å². The molecule has 0 bridgehead atoms. The number of terminal acetylenes is 1. The molecule has 0 saturated carbocycles. The first kappa shape index (κ1) is 16.1. The molecule has 1 aromatic rings. The smallest absolute Gasteiger partial charge is 0.271 e. The maximum Gasteiger partial charge on any atom is 0.271 e. The molecule has 1 aliphatic heterocycles. The van der Waals surface area contributed by atoms with Crippen molar-refractivity contribution in [3.05, 3.63) is 28.0 Å². The van der Waals surface area contributed by atoms with Crippen LogP contribution in [-0.2, 0) is 0 Å². The molecule has 1 aliphatic rings. The summed E-state index contributed by atoms with van der Waals surface area (Å²) >= 11 is 11.8. The number of nitrogens with one attached hydrogen (secondary N) is 1. The summed E-state index contributed by atoms with van der Waals surface area (Å²) in [6.45, 7) is 2.78. The second kappa shape index (κ2) is 7.65. The first-order chi connectivity index (χ1) is 10.1. The highest BCUT2D eigenvalue weighted by atomic mass is 35.5. The van der Waals surface area contributed by atoms with Crippen LogP contribution in [-0.4, -0.2) is 41.5 Å². The number of piperidine rings is 1. The van der Waals surface area contributed by atoms with Crippen molar-refractivity contribution >= 4 is 29.1 Å². The standard InChI is InChI=1S/C15H17Cl2N3O/c1-2-3-8-20-9-6-11(7-10-20)18-15(21)14-12(16)4-5-13(17)19-14/h1,4-5,11H,3,6-10H2,(H,18,21). The monoisotopic (exact) mass is 325 g/mol. The second-order valence-corrected chi connectivity index (χ2v) is 5.80. The summed E-state index contributed by atoms with van der Waals surface area (Å²) in [4.78, 5) is 18.5. The predicted molar refractivity (Wildman–Crippen MR) is 84.6 cm³/mol. The number of amides is 1. The van der Waals surface area contributed by atoms with Gasteiger partial charge in [-0.15, -0.1) is 12.3 Å². The Bertz CT molecular complexity index is 548. The number of likely N-dealkylation sites (tertiary alicyclic amines) is 1. The third-order valence-corrected chi connectivity index (χ3v) is 4.04. The van der Waals surface area contributed by atoms with Crippen LogP contribution in [0.25, 0.3) is 0 Å². The van der Waals surface area contributed by atoms with E-state index in [2.05, 4.69) is 21.1 Å². The lowest BCUT2D eigenvalue weighted by Crippen LogP contribution is -2.45. The highest BCUT2D eigenvalue weighted by Crippen LogP contribution is 2.18. The van der Waals surface area contributed by atoms with Gasteiger partial charge in [-0.2, -0.15) is 0 Å². The van der Waals surface area contributed by atoms with Crippen molar-refractivity contribution in [3.63, 3.8) is 0 Å². The summed E-state index contributed by atoms with van der Waals surface area (Å²) in [5, 5.41) is 3.54. The molecule has 0 radical (unpaired) electrons. The van der Waals surface area contributed by atoms with Gasteiger partial charge < -0.3 is 10.2 Å². The molecule has 112 valence electrons. The van der Waals surface area contributed by atoms with Crippen molar-refractivity contribution in [1.82, 2.24) is 15.2 Å². The van der Waals surface area contributed by atoms with E-state index in [-0.39, 0.29) is 22.8 Å². The molecule has 0 unspecified atom stereocenters. The van der Waals surface area contributed by atoms with Gasteiger partial charge in [-0.25, -0.2) is 4.98 Å². The Hall–Kier alpha value is -1.28. The molecule has 2 heterocycles. The summed E-state index contributed by atoms with van der Waals surface area (Å²) in [7, 11) is 0. The number of hydrogen-bond acceptors (Lipinski definition) is 3. The fourth-order valence-corrected chi connectivity index (χ4v) is 2.69. The minimum absolute atomic E-state index is 0.136. The van der Waals surface area contributed by atoms with Crippen LogP contribution in [0.5, 0.6) is 0 Å². The fourth-order valence-electron chi connectivity index (χ4n) is 2.35. The Labute approximate surface area is 134 Å². The maximum atomic E-state index is 12.2. The topological polar surface area (TPSA) is 45.2 Å². The maximum absolute atomic E-state index is 12.2. The zero-order valence-electron chi connectivity index (χ0n) is 11.6. The van der Waals surface area contributed by atoms with Crippen LogP contribution >= 0.6 is 23.2 Å². The molecule has 21 heavy (non-hydrogen) atoms. The van der Waals surface area contributed by atoms with Crippen molar-refractivity contribution in [2.75, 3.05) is 19.6 Å². The molecular formula is C15H17Cl2N3O. The number of carbonyl (C=O) groups excluding carboxylic acids is 1. The van der Waals surface area contributed by atoms with E-state index in [1.165, 1.54) is 0 Å². The zero-order valence-corrected chi connectivity index (χ0v) is 13.1. The Morgan fingerprint density at radius 2 is 2.14 bits per heavy atom. The third kappa shape index (κ3) is 4.60. The van der Waals surface area contributed by atoms with Gasteiger partial charge >= 0.3 is 0 Å². The molecular weight excluding hydrogens is 309 g/mol. The number of hydrogen-bond donors (Lipinski definition) is 1. The number of nitrogens with zero attached hydrogens (tertiary/aromatic N) is 2. The minimum Gasteiger partial charge on any atom is -0.348 e. The Morgan fingerprint density at radius 1 is 1.43 bits per heavy atom. The normalized spacial score (nSPS) is 16.4. The molecule has 0 atom stereocenters. The number of carbonyl (C=O) groups is 1. The van der Waals surface area contributed by atoms with Gasteiger partial charge in [0.1, 0.15) is 10.8 Å². The van der Waals surface area contributed by atoms with Crippen molar-refractivity contribution in [2.45, 2.75) is 25.3 Å². The first-order valence-electron chi connectivity index (χ1n) is 6.89. The largest absolute Gasteiger partial charge is 0.348 e. The number of rotatable bonds is 4. The van der Waals surface area contributed by atoms with E-state index in [0.29, 0.717) is 5.02 Å². The molecule has 6 heteroatoms. The Kier molecular flexibility index (Phi) is 5.86. The van der Waals surface area contributed by atoms with Gasteiger partial charge in [-0.1, -0.05) is 23.2 Å². The summed E-state index contributed by atoms with van der Waals surface area (Å²) in [6, 6.07) is 3.27. The average Bonchev–Trinajstić information content (AvgIpc) is 2.49. The van der Waals surface area contributed by atoms with E-state index < -0.39 is 0 Å². The Balaban J connectivity index is 1.87. The van der Waals surface area contributed by atoms with Crippen LogP contribution in [0.3, 0.4) is 0 Å². The van der Waals surface area contributed by atoms with Crippen molar-refractivity contribution in [1.29, 1.82) is 0 Å². The van der Waals surface area contributed by atoms with Crippen LogP contribution in [0.4, 0.5) is 0 Å². The SMILES string of the molecule is C#CCCN1CCC(NC(=O)c2nc(Cl)ccc2Cl)CC1. The molecule has 0 spiro atoms. The molecule has 1 N–H and O–H groups in total. The minimum atomic E-state index is -0.274. The van der Waals surface area contributed by atoms with Gasteiger partial charge in [0, 0.05) is 32.1 Å². The molecule has 0 aromatic carbocycles. The van der Waals surface area contributed by atoms with E-state index in [4.69, 9.17) is 29.6 Å². The van der Waals surface area contributed by atoms with Crippen LogP contribution in [0.15, 0.2) is 12.1 Å². The first-order valence-corrected chi connectivity index (χ1v) is 7.64. The fraction of sp³-hybridized carbons (Fsp3) is 0.467. The number of aromatic nitrogens is 1. The van der Waals surface area contributed by atoms with Gasteiger partial charge in [0.15, 0.2) is 0 Å². The second-order valence-electron chi connectivity index (χ2n) is 5.01. The summed E-state index contributed by atoms with van der Waals surface area (Å²) in [5.74, 6) is 2.37. The van der Waals surface area contributed by atoms with Crippen molar-refractivity contribution < 1.29 is 4.79 Å². The molecule has 1 amide bonds. The summed E-state index contributed by atoms with van der Waals surface area (Å²) < 4.78 is 0. The van der Waals surface area contributed by atoms with Crippen molar-refractivity contribution in [3.8, 4) is 12.3 Å². The van der Waals surface area contributed by atoms with Gasteiger partial charge in [0.25, 0.3) is 5.91 Å². The van der Waals surface area contributed by atoms with Crippen LogP contribution in [0.1, 0.15) is 29.8 Å². The van der Waals surface area contributed by atoms with Crippen molar-refractivity contribution in [2.24, 2.45) is 0 Å². The summed E-state index contributed by atoms with van der Waals surface area (Å²) in [6.07, 6.45) is 7.82. The number of halogens is 2. The van der Waals surface area contributed by atoms with Crippen LogP contribution in [0.2, 0.25) is 10.2 Å². The molecule has 1 aromatic heterocycles. The van der Waals surface area contributed by atoms with Crippen LogP contribution < -0.4 is 5.32 Å². The van der Waals surface area contributed by atoms with Gasteiger partial charge in [-0.05, 0) is 25.0 Å². The molecule has 1 saturated heterocycles. The third-order valence-electron chi connectivity index (χ3n) is 3.52. The van der Waals surface area contributed by atoms with Gasteiger partial charge in [0.05, 0.1) is 5.02 Å². The van der Waals surface area contributed by atoms with Crippen LogP contribution in [0, 0.1) is 12.3 Å². The van der Waals surface area contributed by atoms with E-state index in [1.54, 1.807) is 12.1 Å². The highest BCUT2D eigenvalue weighted by molar-refractivity contribution is 6.34. The quantitative estimate of drug-likeness (QED) is 0.683. The number of pyridine rings is 1. The molecule has 1 fully saturated rings. The van der Waals surface area contributed by atoms with E-state index in [9.17, 15) is 4.79 Å². The highest BCUT2D eigenvalue weighted by Gasteiger charge is 2.22. The van der Waals surface area contributed by atoms with Gasteiger partial charge in [-0.3, -0.25) is 4.79 Å².